The maximum atomic E-state index is 12.0. The van der Waals surface area contributed by atoms with Crippen molar-refractivity contribution in [1.82, 2.24) is 20.1 Å². The number of hydrogen-bond donors (Lipinski definition) is 1. The molecule has 0 saturated carbocycles. The molecule has 0 aliphatic heterocycles. The number of amides is 1. The van der Waals surface area contributed by atoms with Gasteiger partial charge < -0.3 is 9.88 Å². The molecule has 3 rings (SSSR count). The van der Waals surface area contributed by atoms with Crippen LogP contribution in [0.3, 0.4) is 0 Å². The van der Waals surface area contributed by atoms with Gasteiger partial charge >= 0.3 is 0 Å². The molecule has 0 bridgehead atoms. The molecule has 26 heavy (non-hydrogen) atoms. The lowest BCUT2D eigenvalue weighted by Gasteiger charge is -2.08. The van der Waals surface area contributed by atoms with Crippen LogP contribution in [0.25, 0.3) is 0 Å². The SMILES string of the molecule is CCn1c(CCNC(=O)c2cccs2)nnc1SCc1ccc(C)cc1. The first-order valence-corrected chi connectivity index (χ1v) is 10.5. The molecule has 0 aliphatic rings. The van der Waals surface area contributed by atoms with Gasteiger partial charge in [-0.05, 0) is 30.9 Å². The van der Waals surface area contributed by atoms with Crippen molar-refractivity contribution in [3.8, 4) is 0 Å². The molecular weight excluding hydrogens is 364 g/mol. The monoisotopic (exact) mass is 386 g/mol. The zero-order valence-electron chi connectivity index (χ0n) is 14.9. The standard InChI is InChI=1S/C19H22N4OS2/c1-3-23-17(10-11-20-18(24)16-5-4-12-25-16)21-22-19(23)26-13-15-8-6-14(2)7-9-15/h4-9,12H,3,10-11,13H2,1-2H3,(H,20,24). The summed E-state index contributed by atoms with van der Waals surface area (Å²) in [7, 11) is 0. The second-order valence-electron chi connectivity index (χ2n) is 5.90. The van der Waals surface area contributed by atoms with Crippen LogP contribution in [0.1, 0.15) is 33.5 Å². The van der Waals surface area contributed by atoms with Crippen molar-refractivity contribution in [1.29, 1.82) is 0 Å². The predicted molar refractivity (Wildman–Crippen MR) is 107 cm³/mol. The van der Waals surface area contributed by atoms with Crippen LogP contribution in [0.4, 0.5) is 0 Å². The number of aryl methyl sites for hydroxylation is 1. The fourth-order valence-corrected chi connectivity index (χ4v) is 4.16. The number of thiophene rings is 1. The van der Waals surface area contributed by atoms with Gasteiger partial charge in [-0.15, -0.1) is 21.5 Å². The fraction of sp³-hybridized carbons (Fsp3) is 0.316. The van der Waals surface area contributed by atoms with Gasteiger partial charge in [0, 0.05) is 25.3 Å². The van der Waals surface area contributed by atoms with E-state index in [1.165, 1.54) is 22.5 Å². The van der Waals surface area contributed by atoms with E-state index in [9.17, 15) is 4.79 Å². The van der Waals surface area contributed by atoms with Gasteiger partial charge in [0.2, 0.25) is 0 Å². The van der Waals surface area contributed by atoms with Crippen molar-refractivity contribution in [3.63, 3.8) is 0 Å². The van der Waals surface area contributed by atoms with E-state index in [0.717, 1.165) is 28.2 Å². The molecule has 136 valence electrons. The van der Waals surface area contributed by atoms with Crippen molar-refractivity contribution < 1.29 is 4.79 Å². The van der Waals surface area contributed by atoms with E-state index in [0.29, 0.717) is 13.0 Å². The minimum absolute atomic E-state index is 0.0310. The third-order valence-electron chi connectivity index (χ3n) is 3.98. The van der Waals surface area contributed by atoms with Crippen LogP contribution in [0.2, 0.25) is 0 Å². The molecule has 0 atom stereocenters. The Balaban J connectivity index is 1.55. The summed E-state index contributed by atoms with van der Waals surface area (Å²) in [5.74, 6) is 1.75. The highest BCUT2D eigenvalue weighted by Gasteiger charge is 2.12. The van der Waals surface area contributed by atoms with Gasteiger partial charge in [0.05, 0.1) is 4.88 Å². The maximum Gasteiger partial charge on any atom is 0.261 e. The molecule has 0 saturated heterocycles. The zero-order valence-corrected chi connectivity index (χ0v) is 16.6. The first kappa shape index (κ1) is 18.7. The van der Waals surface area contributed by atoms with E-state index in [2.05, 4.69) is 58.2 Å². The van der Waals surface area contributed by atoms with E-state index < -0.39 is 0 Å². The Hall–Kier alpha value is -2.12. The molecule has 0 spiro atoms. The lowest BCUT2D eigenvalue weighted by molar-refractivity contribution is 0.0958. The van der Waals surface area contributed by atoms with Gasteiger partial charge in [0.25, 0.3) is 5.91 Å². The largest absolute Gasteiger partial charge is 0.351 e. The summed E-state index contributed by atoms with van der Waals surface area (Å²) in [6.07, 6.45) is 0.670. The van der Waals surface area contributed by atoms with Crippen LogP contribution >= 0.6 is 23.1 Å². The van der Waals surface area contributed by atoms with Crippen LogP contribution < -0.4 is 5.32 Å². The fourth-order valence-electron chi connectivity index (χ4n) is 2.54. The van der Waals surface area contributed by atoms with Gasteiger partial charge in [-0.2, -0.15) is 0 Å². The molecule has 0 radical (unpaired) electrons. The number of nitrogens with one attached hydrogen (secondary N) is 1. The number of carbonyl (C=O) groups is 1. The van der Waals surface area contributed by atoms with Crippen molar-refractivity contribution in [3.05, 3.63) is 63.6 Å². The Morgan fingerprint density at radius 2 is 2.04 bits per heavy atom. The molecule has 1 amide bonds. The van der Waals surface area contributed by atoms with E-state index in [4.69, 9.17) is 0 Å². The van der Waals surface area contributed by atoms with E-state index in [1.807, 2.05) is 17.5 Å². The molecule has 5 nitrogen and oxygen atoms in total. The topological polar surface area (TPSA) is 59.8 Å². The van der Waals surface area contributed by atoms with Crippen LogP contribution in [0, 0.1) is 6.92 Å². The summed E-state index contributed by atoms with van der Waals surface area (Å²) < 4.78 is 2.12. The summed E-state index contributed by atoms with van der Waals surface area (Å²) >= 11 is 3.14. The number of carbonyl (C=O) groups excluding carboxylic acids is 1. The number of rotatable bonds is 8. The van der Waals surface area contributed by atoms with Crippen LogP contribution in [-0.4, -0.2) is 27.2 Å². The maximum absolute atomic E-state index is 12.0. The number of hydrogen-bond acceptors (Lipinski definition) is 5. The van der Waals surface area contributed by atoms with Crippen molar-refractivity contribution >= 4 is 29.0 Å². The second kappa shape index (κ2) is 9.00. The zero-order chi connectivity index (χ0) is 18.4. The lowest BCUT2D eigenvalue weighted by Crippen LogP contribution is -2.25. The summed E-state index contributed by atoms with van der Waals surface area (Å²) in [6, 6.07) is 12.3. The Labute approximate surface area is 161 Å². The first-order chi connectivity index (χ1) is 12.7. The Bertz CT molecular complexity index is 841. The summed E-state index contributed by atoms with van der Waals surface area (Å²) in [5, 5.41) is 14.4. The van der Waals surface area contributed by atoms with Crippen molar-refractivity contribution in [2.24, 2.45) is 0 Å². The molecule has 0 aliphatic carbocycles. The Morgan fingerprint density at radius 1 is 1.23 bits per heavy atom. The normalized spacial score (nSPS) is 10.8. The summed E-state index contributed by atoms with van der Waals surface area (Å²) in [4.78, 5) is 12.7. The Kier molecular flexibility index (Phi) is 6.46. The molecule has 2 aromatic heterocycles. The molecular formula is C19H22N4OS2. The third kappa shape index (κ3) is 4.74. The minimum atomic E-state index is -0.0310. The van der Waals surface area contributed by atoms with Crippen LogP contribution in [-0.2, 0) is 18.7 Å². The van der Waals surface area contributed by atoms with E-state index in [-0.39, 0.29) is 5.91 Å². The van der Waals surface area contributed by atoms with Gasteiger partial charge in [-0.25, -0.2) is 0 Å². The average molecular weight is 387 g/mol. The third-order valence-corrected chi connectivity index (χ3v) is 5.88. The van der Waals surface area contributed by atoms with Gasteiger partial charge in [-0.3, -0.25) is 4.79 Å². The molecule has 7 heteroatoms. The lowest BCUT2D eigenvalue weighted by atomic mass is 10.2. The van der Waals surface area contributed by atoms with Gasteiger partial charge in [0.15, 0.2) is 5.16 Å². The predicted octanol–water partition coefficient (Wildman–Crippen LogP) is 3.93. The van der Waals surface area contributed by atoms with E-state index >= 15 is 0 Å². The first-order valence-electron chi connectivity index (χ1n) is 8.59. The highest BCUT2D eigenvalue weighted by Crippen LogP contribution is 2.22. The minimum Gasteiger partial charge on any atom is -0.351 e. The average Bonchev–Trinajstić information content (AvgIpc) is 3.31. The number of aromatic nitrogens is 3. The summed E-state index contributed by atoms with van der Waals surface area (Å²) in [5.41, 5.74) is 2.54. The van der Waals surface area contributed by atoms with Gasteiger partial charge in [-0.1, -0.05) is 47.7 Å². The number of thioether (sulfide) groups is 1. The second-order valence-corrected chi connectivity index (χ2v) is 7.79. The number of nitrogens with zero attached hydrogens (tertiary/aromatic N) is 3. The van der Waals surface area contributed by atoms with Crippen molar-refractivity contribution in [2.75, 3.05) is 6.54 Å². The molecule has 3 aromatic rings. The molecule has 1 aromatic carbocycles. The van der Waals surface area contributed by atoms with Crippen molar-refractivity contribution in [2.45, 2.75) is 37.7 Å². The van der Waals surface area contributed by atoms with Crippen LogP contribution in [0.15, 0.2) is 46.9 Å². The summed E-state index contributed by atoms with van der Waals surface area (Å²) in [6.45, 7) is 5.55. The van der Waals surface area contributed by atoms with E-state index in [1.54, 1.807) is 11.8 Å². The molecule has 0 unspecified atom stereocenters. The highest BCUT2D eigenvalue weighted by atomic mass is 32.2. The molecule has 2 heterocycles. The number of benzene rings is 1. The molecule has 0 fully saturated rings. The van der Waals surface area contributed by atoms with Crippen LogP contribution in [0.5, 0.6) is 0 Å². The molecule has 1 N–H and O–H groups in total. The Morgan fingerprint density at radius 3 is 2.73 bits per heavy atom. The van der Waals surface area contributed by atoms with Gasteiger partial charge in [0.1, 0.15) is 5.82 Å². The quantitative estimate of drug-likeness (QED) is 0.596. The smallest absolute Gasteiger partial charge is 0.261 e. The highest BCUT2D eigenvalue weighted by molar-refractivity contribution is 7.98.